The van der Waals surface area contributed by atoms with Crippen LogP contribution in [0.25, 0.3) is 0 Å². The first-order valence-corrected chi connectivity index (χ1v) is 10.1. The van der Waals surface area contributed by atoms with Gasteiger partial charge in [-0.05, 0) is 49.5 Å². The number of allylic oxidation sites excluding steroid dienone is 1. The minimum absolute atomic E-state index is 0.0681. The Balaban J connectivity index is 2.85. The summed E-state index contributed by atoms with van der Waals surface area (Å²) in [6.45, 7) is 5.31. The Hall–Kier alpha value is -2.28. The molecule has 0 fully saturated rings. The number of rotatable bonds is 12. The minimum atomic E-state index is -0.998. The van der Waals surface area contributed by atoms with Crippen molar-refractivity contribution in [3.05, 3.63) is 47.5 Å². The molecule has 0 aliphatic carbocycles. The SMILES string of the molecule is CCC/C=C/C(=O)NC(CCC)C[C@H](O)[C@H](Cc1cc(F)cc(F)c1)NC(C)=O. The molecule has 1 unspecified atom stereocenters. The van der Waals surface area contributed by atoms with Gasteiger partial charge in [0.05, 0.1) is 12.1 Å². The summed E-state index contributed by atoms with van der Waals surface area (Å²) in [4.78, 5) is 23.6. The van der Waals surface area contributed by atoms with Crippen LogP contribution in [0.4, 0.5) is 8.78 Å². The molecule has 1 rings (SSSR count). The highest BCUT2D eigenvalue weighted by Gasteiger charge is 2.25. The van der Waals surface area contributed by atoms with Gasteiger partial charge in [0, 0.05) is 19.0 Å². The van der Waals surface area contributed by atoms with Crippen LogP contribution in [0.3, 0.4) is 0 Å². The number of aliphatic hydroxyl groups is 1. The maximum absolute atomic E-state index is 13.5. The van der Waals surface area contributed by atoms with Crippen molar-refractivity contribution < 1.29 is 23.5 Å². The highest BCUT2D eigenvalue weighted by atomic mass is 19.1. The van der Waals surface area contributed by atoms with Crippen molar-refractivity contribution in [3.63, 3.8) is 0 Å². The quantitative estimate of drug-likeness (QED) is 0.462. The second-order valence-corrected chi connectivity index (χ2v) is 7.28. The Kier molecular flexibility index (Phi) is 11.1. The molecule has 0 heterocycles. The molecule has 5 nitrogen and oxygen atoms in total. The predicted octanol–water partition coefficient (Wildman–Crippen LogP) is 3.40. The third-order valence-corrected chi connectivity index (χ3v) is 4.47. The van der Waals surface area contributed by atoms with E-state index >= 15 is 0 Å². The number of hydrogen-bond acceptors (Lipinski definition) is 3. The molecule has 1 aromatic rings. The Morgan fingerprint density at radius 1 is 1.10 bits per heavy atom. The number of unbranched alkanes of at least 4 members (excludes halogenated alkanes) is 1. The van der Waals surface area contributed by atoms with Crippen LogP contribution >= 0.6 is 0 Å². The van der Waals surface area contributed by atoms with Gasteiger partial charge in [-0.1, -0.05) is 32.8 Å². The lowest BCUT2D eigenvalue weighted by Crippen LogP contribution is -2.47. The largest absolute Gasteiger partial charge is 0.391 e. The van der Waals surface area contributed by atoms with Crippen LogP contribution in [-0.2, 0) is 16.0 Å². The number of aliphatic hydroxyl groups excluding tert-OH is 1. The standard InChI is InChI=1S/C22H32F2N2O3/c1-4-6-7-9-22(29)26-19(8-5-2)14-21(28)20(25-15(3)27)12-16-10-17(23)13-18(24)11-16/h7,9-11,13,19-21,28H,4-6,8,12,14H2,1-3H3,(H,25,27)(H,26,29)/b9-7+/t19?,20-,21-/m0/s1. The summed E-state index contributed by atoms with van der Waals surface area (Å²) >= 11 is 0. The lowest BCUT2D eigenvalue weighted by atomic mass is 9.94. The van der Waals surface area contributed by atoms with E-state index in [-0.39, 0.29) is 30.7 Å². The molecule has 0 spiro atoms. The highest BCUT2D eigenvalue weighted by molar-refractivity contribution is 5.87. The summed E-state index contributed by atoms with van der Waals surface area (Å²) in [5.41, 5.74) is 0.332. The zero-order chi connectivity index (χ0) is 21.8. The molecule has 0 radical (unpaired) electrons. The zero-order valence-corrected chi connectivity index (χ0v) is 17.4. The van der Waals surface area contributed by atoms with E-state index < -0.39 is 23.8 Å². The van der Waals surface area contributed by atoms with Crippen LogP contribution in [-0.4, -0.2) is 35.1 Å². The van der Waals surface area contributed by atoms with Gasteiger partial charge in [-0.15, -0.1) is 0 Å². The fraction of sp³-hybridized carbons (Fsp3) is 0.545. The molecule has 0 aliphatic heterocycles. The Morgan fingerprint density at radius 3 is 2.31 bits per heavy atom. The van der Waals surface area contributed by atoms with Crippen LogP contribution in [0.2, 0.25) is 0 Å². The second kappa shape index (κ2) is 13.0. The molecule has 3 atom stereocenters. The number of halogens is 2. The fourth-order valence-electron chi connectivity index (χ4n) is 3.19. The molecule has 1 aromatic carbocycles. The van der Waals surface area contributed by atoms with Gasteiger partial charge in [0.25, 0.3) is 0 Å². The van der Waals surface area contributed by atoms with Gasteiger partial charge < -0.3 is 15.7 Å². The molecule has 0 bridgehead atoms. The van der Waals surface area contributed by atoms with Crippen LogP contribution in [0, 0.1) is 11.6 Å². The van der Waals surface area contributed by atoms with Crippen LogP contribution in [0.5, 0.6) is 0 Å². The molecule has 29 heavy (non-hydrogen) atoms. The third kappa shape index (κ3) is 10.2. The van der Waals surface area contributed by atoms with Gasteiger partial charge in [-0.2, -0.15) is 0 Å². The molecule has 162 valence electrons. The summed E-state index contributed by atoms with van der Waals surface area (Å²) in [6, 6.07) is 2.10. The van der Waals surface area contributed by atoms with Gasteiger partial charge >= 0.3 is 0 Å². The van der Waals surface area contributed by atoms with Crippen molar-refractivity contribution in [3.8, 4) is 0 Å². The van der Waals surface area contributed by atoms with Crippen molar-refractivity contribution in [1.82, 2.24) is 10.6 Å². The van der Waals surface area contributed by atoms with Crippen LogP contribution in [0.15, 0.2) is 30.4 Å². The molecule has 3 N–H and O–H groups in total. The van der Waals surface area contributed by atoms with Gasteiger partial charge in [0.15, 0.2) is 0 Å². The highest BCUT2D eigenvalue weighted by Crippen LogP contribution is 2.15. The van der Waals surface area contributed by atoms with E-state index in [0.29, 0.717) is 12.0 Å². The topological polar surface area (TPSA) is 78.4 Å². The normalized spacial score (nSPS) is 14.4. The van der Waals surface area contributed by atoms with Gasteiger partial charge in [-0.25, -0.2) is 8.78 Å². The van der Waals surface area contributed by atoms with E-state index in [9.17, 15) is 23.5 Å². The van der Waals surface area contributed by atoms with Crippen LogP contribution in [0.1, 0.15) is 58.4 Å². The lowest BCUT2D eigenvalue weighted by molar-refractivity contribution is -0.121. The van der Waals surface area contributed by atoms with Crippen molar-refractivity contribution >= 4 is 11.8 Å². The molecule has 0 aliphatic rings. The van der Waals surface area contributed by atoms with E-state index in [1.54, 1.807) is 6.08 Å². The summed E-state index contributed by atoms with van der Waals surface area (Å²) in [5.74, 6) is -2.02. The van der Waals surface area contributed by atoms with Crippen LogP contribution < -0.4 is 10.6 Å². The Labute approximate surface area is 171 Å². The fourth-order valence-corrected chi connectivity index (χ4v) is 3.19. The maximum Gasteiger partial charge on any atom is 0.243 e. The van der Waals surface area contributed by atoms with Gasteiger partial charge in [0.1, 0.15) is 11.6 Å². The summed E-state index contributed by atoms with van der Waals surface area (Å²) < 4.78 is 27.0. The molecule has 7 heteroatoms. The lowest BCUT2D eigenvalue weighted by Gasteiger charge is -2.28. The summed E-state index contributed by atoms with van der Waals surface area (Å²) in [6.07, 6.45) is 5.78. The van der Waals surface area contributed by atoms with Crippen molar-refractivity contribution in [2.45, 2.75) is 77.5 Å². The van der Waals surface area contributed by atoms with E-state index in [0.717, 1.165) is 25.3 Å². The average molecular weight is 411 g/mol. The maximum atomic E-state index is 13.5. The third-order valence-electron chi connectivity index (χ3n) is 4.47. The Morgan fingerprint density at radius 2 is 1.76 bits per heavy atom. The molecular formula is C22H32F2N2O3. The number of nitrogens with one attached hydrogen (secondary N) is 2. The number of carbonyl (C=O) groups is 2. The summed E-state index contributed by atoms with van der Waals surface area (Å²) in [5, 5.41) is 16.2. The van der Waals surface area contributed by atoms with Crippen molar-refractivity contribution in [2.24, 2.45) is 0 Å². The smallest absolute Gasteiger partial charge is 0.243 e. The van der Waals surface area contributed by atoms with Gasteiger partial charge in [-0.3, -0.25) is 9.59 Å². The number of benzene rings is 1. The number of hydrogen-bond donors (Lipinski definition) is 3. The van der Waals surface area contributed by atoms with Crippen molar-refractivity contribution in [2.75, 3.05) is 0 Å². The monoisotopic (exact) mass is 410 g/mol. The molecule has 0 aromatic heterocycles. The minimum Gasteiger partial charge on any atom is -0.391 e. The molecule has 0 saturated heterocycles. The van der Waals surface area contributed by atoms with Gasteiger partial charge in [0.2, 0.25) is 11.8 Å². The van der Waals surface area contributed by atoms with Crippen molar-refractivity contribution in [1.29, 1.82) is 0 Å². The van der Waals surface area contributed by atoms with E-state index in [1.807, 2.05) is 13.8 Å². The number of carbonyl (C=O) groups excluding carboxylic acids is 2. The zero-order valence-electron chi connectivity index (χ0n) is 17.4. The predicted molar refractivity (Wildman–Crippen MR) is 109 cm³/mol. The second-order valence-electron chi connectivity index (χ2n) is 7.28. The molecular weight excluding hydrogens is 378 g/mol. The Bertz CT molecular complexity index is 674. The van der Waals surface area contributed by atoms with E-state index in [4.69, 9.17) is 0 Å². The summed E-state index contributed by atoms with van der Waals surface area (Å²) in [7, 11) is 0. The van der Waals surface area contributed by atoms with E-state index in [2.05, 4.69) is 10.6 Å². The first kappa shape index (κ1) is 24.8. The average Bonchev–Trinajstić information content (AvgIpc) is 2.60. The first-order chi connectivity index (χ1) is 13.7. The van der Waals surface area contributed by atoms with E-state index in [1.165, 1.54) is 25.1 Å². The number of amides is 2. The molecule has 2 amide bonds. The first-order valence-electron chi connectivity index (χ1n) is 10.1. The molecule has 0 saturated carbocycles.